The fraction of sp³-hybridized carbons (Fsp3) is 0.0625. The predicted molar refractivity (Wildman–Crippen MR) is 91.8 cm³/mol. The lowest BCUT2D eigenvalue weighted by molar-refractivity contribution is -0.0964. The summed E-state index contributed by atoms with van der Waals surface area (Å²) >= 11 is 10.7. The molecule has 3 rings (SSSR count). The molecule has 2 aromatic heterocycles. The molecule has 3 aromatic rings. The van der Waals surface area contributed by atoms with Crippen LogP contribution in [0.1, 0.15) is 10.4 Å². The van der Waals surface area contributed by atoms with Crippen molar-refractivity contribution in [3.05, 3.63) is 59.5 Å². The normalized spacial score (nSPS) is 11.4. The number of alkyl halides is 3. The third kappa shape index (κ3) is 3.92. The van der Waals surface area contributed by atoms with E-state index in [4.69, 9.17) is 28.9 Å². The Bertz CT molecular complexity index is 973. The zero-order chi connectivity index (χ0) is 18.9. The molecule has 0 aliphatic rings. The molecule has 1 amide bonds. The van der Waals surface area contributed by atoms with E-state index in [2.05, 4.69) is 14.8 Å². The molecule has 0 aliphatic carbocycles. The van der Waals surface area contributed by atoms with E-state index >= 15 is 0 Å². The number of pyridine rings is 1. The highest BCUT2D eigenvalue weighted by Crippen LogP contribution is 2.33. The molecule has 0 fully saturated rings. The molecule has 6 nitrogen and oxygen atoms in total. The fourth-order valence-electron chi connectivity index (χ4n) is 2.27. The molecule has 1 aromatic carbocycles. The summed E-state index contributed by atoms with van der Waals surface area (Å²) in [5.41, 5.74) is 3.29. The molecule has 0 unspecified atom stereocenters. The van der Waals surface area contributed by atoms with Crippen molar-refractivity contribution in [3.63, 3.8) is 0 Å². The minimum absolute atomic E-state index is 0.0757. The van der Waals surface area contributed by atoms with Crippen molar-refractivity contribution in [2.45, 2.75) is 5.57 Å². The van der Waals surface area contributed by atoms with Crippen LogP contribution in [0.25, 0.3) is 16.9 Å². The van der Waals surface area contributed by atoms with Crippen LogP contribution >= 0.6 is 23.2 Å². The van der Waals surface area contributed by atoms with Crippen molar-refractivity contribution in [2.24, 2.45) is 5.73 Å². The van der Waals surface area contributed by atoms with E-state index < -0.39 is 11.5 Å². The van der Waals surface area contributed by atoms with Gasteiger partial charge in [-0.25, -0.2) is 4.68 Å². The smallest absolute Gasteiger partial charge is 0.418 e. The van der Waals surface area contributed by atoms with Crippen LogP contribution in [-0.2, 0) is 0 Å². The highest BCUT2D eigenvalue weighted by molar-refractivity contribution is 6.32. The van der Waals surface area contributed by atoms with Crippen LogP contribution in [0.3, 0.4) is 0 Å². The molecule has 0 radical (unpaired) electrons. The largest absolute Gasteiger partial charge is 0.487 e. The van der Waals surface area contributed by atoms with E-state index in [9.17, 15) is 13.6 Å². The molecule has 10 heteroatoms. The number of nitrogens with two attached hydrogens (primary N) is 1. The average molecular weight is 399 g/mol. The first-order valence-corrected chi connectivity index (χ1v) is 7.85. The number of carbonyl (C=O) groups is 1. The summed E-state index contributed by atoms with van der Waals surface area (Å²) in [6, 6.07) is 7.37. The van der Waals surface area contributed by atoms with E-state index in [1.807, 2.05) is 0 Å². The van der Waals surface area contributed by atoms with Crippen LogP contribution in [0.2, 0.25) is 5.02 Å². The maximum absolute atomic E-state index is 12.8. The first-order chi connectivity index (χ1) is 12.2. The van der Waals surface area contributed by atoms with Crippen molar-refractivity contribution in [1.82, 2.24) is 14.8 Å². The third-order valence-corrected chi connectivity index (χ3v) is 3.72. The van der Waals surface area contributed by atoms with Crippen LogP contribution in [0.4, 0.5) is 8.78 Å². The van der Waals surface area contributed by atoms with Gasteiger partial charge in [0.05, 0.1) is 28.2 Å². The molecule has 0 bridgehead atoms. The van der Waals surface area contributed by atoms with Crippen molar-refractivity contribution in [1.29, 1.82) is 0 Å². The van der Waals surface area contributed by atoms with Crippen molar-refractivity contribution in [2.75, 3.05) is 0 Å². The Hall–Kier alpha value is -2.71. The average Bonchev–Trinajstić information content (AvgIpc) is 3.05. The second-order valence-electron chi connectivity index (χ2n) is 5.12. The number of nitrogens with zero attached hydrogens (tertiary/aromatic N) is 3. The van der Waals surface area contributed by atoms with E-state index in [1.54, 1.807) is 12.1 Å². The van der Waals surface area contributed by atoms with Gasteiger partial charge in [-0.1, -0.05) is 11.6 Å². The summed E-state index contributed by atoms with van der Waals surface area (Å²) in [6.07, 6.45) is 4.41. The molecular formula is C16H10Cl2F2N4O2. The van der Waals surface area contributed by atoms with Crippen LogP contribution in [0, 0.1) is 0 Å². The molecule has 26 heavy (non-hydrogen) atoms. The van der Waals surface area contributed by atoms with Gasteiger partial charge in [0, 0.05) is 29.6 Å². The number of ether oxygens (including phenoxy) is 1. The topological polar surface area (TPSA) is 83.0 Å². The Balaban J connectivity index is 2.00. The van der Waals surface area contributed by atoms with Gasteiger partial charge in [-0.2, -0.15) is 5.10 Å². The van der Waals surface area contributed by atoms with Gasteiger partial charge in [0.15, 0.2) is 0 Å². The summed E-state index contributed by atoms with van der Waals surface area (Å²) in [5.74, 6) is -0.890. The Labute approximate surface area is 156 Å². The summed E-state index contributed by atoms with van der Waals surface area (Å²) < 4.78 is 31.3. The number of halogens is 4. The monoisotopic (exact) mass is 398 g/mol. The molecule has 2 heterocycles. The standard InChI is InChI=1S/C16H10Cl2F2N4O2/c17-12-6-11(1-2-14(12)26-16(18,19)20)24-13(3-4-23-24)9-5-10(15(21)25)8-22-7-9/h1-8H,(H2,21,25). The summed E-state index contributed by atoms with van der Waals surface area (Å²) in [7, 11) is 0. The predicted octanol–water partition coefficient (Wildman–Crippen LogP) is 3.85. The zero-order valence-electron chi connectivity index (χ0n) is 12.9. The zero-order valence-corrected chi connectivity index (χ0v) is 14.4. The molecular weight excluding hydrogens is 389 g/mol. The number of primary amides is 1. The molecule has 0 aliphatic heterocycles. The number of hydrogen-bond donors (Lipinski definition) is 1. The van der Waals surface area contributed by atoms with Gasteiger partial charge in [0.25, 0.3) is 0 Å². The molecule has 0 saturated heterocycles. The number of aromatic nitrogens is 3. The number of amides is 1. The van der Waals surface area contributed by atoms with Gasteiger partial charge in [-0.05, 0) is 30.3 Å². The Kier molecular flexibility index (Phi) is 4.80. The maximum Gasteiger partial charge on any atom is 0.487 e. The second-order valence-corrected chi connectivity index (χ2v) is 5.96. The highest BCUT2D eigenvalue weighted by atomic mass is 35.5. The number of hydrogen-bond acceptors (Lipinski definition) is 4. The molecule has 0 spiro atoms. The molecule has 134 valence electrons. The number of rotatable bonds is 5. The second kappa shape index (κ2) is 6.89. The number of carbonyl (C=O) groups excluding carboxylic acids is 1. The van der Waals surface area contributed by atoms with Gasteiger partial charge in [-0.15, -0.1) is 8.78 Å². The van der Waals surface area contributed by atoms with Crippen molar-refractivity contribution < 1.29 is 18.3 Å². The lowest BCUT2D eigenvalue weighted by Crippen LogP contribution is -2.16. The highest BCUT2D eigenvalue weighted by Gasteiger charge is 2.28. The lowest BCUT2D eigenvalue weighted by atomic mass is 10.1. The van der Waals surface area contributed by atoms with Gasteiger partial charge in [0.2, 0.25) is 5.91 Å². The molecule has 2 N–H and O–H groups in total. The minimum atomic E-state index is -3.87. The Morgan fingerprint density at radius 1 is 1.23 bits per heavy atom. The molecule has 0 saturated carbocycles. The van der Waals surface area contributed by atoms with Gasteiger partial charge in [-0.3, -0.25) is 9.78 Å². The van der Waals surface area contributed by atoms with Crippen molar-refractivity contribution >= 4 is 29.1 Å². The third-order valence-electron chi connectivity index (χ3n) is 3.35. The Morgan fingerprint density at radius 3 is 2.65 bits per heavy atom. The van der Waals surface area contributed by atoms with E-state index in [0.717, 1.165) is 0 Å². The SMILES string of the molecule is NC(=O)c1cncc(-c2ccnn2-c2ccc(OC(F)(F)Cl)c(Cl)c2)c1. The fourth-order valence-corrected chi connectivity index (χ4v) is 2.57. The first-order valence-electron chi connectivity index (χ1n) is 7.09. The Morgan fingerprint density at radius 2 is 2.00 bits per heavy atom. The van der Waals surface area contributed by atoms with E-state index in [0.29, 0.717) is 16.9 Å². The lowest BCUT2D eigenvalue weighted by Gasteiger charge is -2.13. The van der Waals surface area contributed by atoms with Crippen LogP contribution in [0.15, 0.2) is 48.9 Å². The van der Waals surface area contributed by atoms with E-state index in [-0.39, 0.29) is 16.3 Å². The maximum atomic E-state index is 12.8. The van der Waals surface area contributed by atoms with Crippen LogP contribution in [0.5, 0.6) is 5.75 Å². The van der Waals surface area contributed by atoms with Crippen LogP contribution in [-0.4, -0.2) is 26.2 Å². The van der Waals surface area contributed by atoms with Gasteiger partial charge >= 0.3 is 5.57 Å². The van der Waals surface area contributed by atoms with Gasteiger partial charge < -0.3 is 10.5 Å². The summed E-state index contributed by atoms with van der Waals surface area (Å²) in [5, 5.41) is 4.11. The quantitative estimate of drug-likeness (QED) is 0.661. The van der Waals surface area contributed by atoms with Crippen molar-refractivity contribution in [3.8, 4) is 22.7 Å². The minimum Gasteiger partial charge on any atom is -0.418 e. The number of benzene rings is 1. The van der Waals surface area contributed by atoms with Gasteiger partial charge in [0.1, 0.15) is 5.75 Å². The first kappa shape index (κ1) is 18.1. The van der Waals surface area contributed by atoms with Crippen LogP contribution < -0.4 is 10.5 Å². The molecule has 0 atom stereocenters. The summed E-state index contributed by atoms with van der Waals surface area (Å²) in [6.45, 7) is 0. The summed E-state index contributed by atoms with van der Waals surface area (Å²) in [4.78, 5) is 15.3. The van der Waals surface area contributed by atoms with E-state index in [1.165, 1.54) is 41.5 Å².